The Hall–Kier alpha value is -2.74. The number of likely N-dealkylation sites (tertiary alicyclic amines) is 1. The van der Waals surface area contributed by atoms with Crippen molar-refractivity contribution < 1.29 is 19.1 Å². The topological polar surface area (TPSA) is 88.6 Å². The summed E-state index contributed by atoms with van der Waals surface area (Å²) < 4.78 is 4.66. The Morgan fingerprint density at radius 2 is 1.78 bits per heavy atom. The Bertz CT molecular complexity index is 839. The van der Waals surface area contributed by atoms with Crippen LogP contribution in [0.15, 0.2) is 29.6 Å². The van der Waals surface area contributed by atoms with Crippen molar-refractivity contribution in [1.29, 1.82) is 0 Å². The van der Waals surface area contributed by atoms with Crippen molar-refractivity contribution in [1.82, 2.24) is 9.88 Å². The molecule has 1 aromatic heterocycles. The van der Waals surface area contributed by atoms with Crippen LogP contribution in [0.25, 0.3) is 0 Å². The van der Waals surface area contributed by atoms with E-state index in [4.69, 9.17) is 0 Å². The van der Waals surface area contributed by atoms with E-state index in [1.165, 1.54) is 18.4 Å². The van der Waals surface area contributed by atoms with Gasteiger partial charge < -0.3 is 15.0 Å². The lowest BCUT2D eigenvalue weighted by Crippen LogP contribution is -2.41. The molecule has 1 aromatic carbocycles. The van der Waals surface area contributed by atoms with Crippen molar-refractivity contribution in [3.63, 3.8) is 0 Å². The highest BCUT2D eigenvalue weighted by Crippen LogP contribution is 2.22. The zero-order valence-corrected chi connectivity index (χ0v) is 16.0. The number of ether oxygens (including phenoxy) is 1. The van der Waals surface area contributed by atoms with E-state index in [2.05, 4.69) is 15.0 Å². The first-order valence-corrected chi connectivity index (χ1v) is 9.56. The number of amides is 2. The molecule has 0 atom stereocenters. The maximum atomic E-state index is 12.6. The van der Waals surface area contributed by atoms with Gasteiger partial charge in [0.15, 0.2) is 5.13 Å². The molecule has 1 N–H and O–H groups in total. The molecule has 0 bridgehead atoms. The lowest BCUT2D eigenvalue weighted by Gasteiger charge is -2.31. The van der Waals surface area contributed by atoms with E-state index in [9.17, 15) is 14.4 Å². The number of benzene rings is 1. The SMILES string of the molecule is COC(=O)c1ccc(C(=O)N2CCC(C(=O)Nc3nc(C)cs3)CC2)cc1. The molecule has 27 heavy (non-hydrogen) atoms. The molecule has 3 rings (SSSR count). The number of hydrogen-bond donors (Lipinski definition) is 1. The monoisotopic (exact) mass is 387 g/mol. The van der Waals surface area contributed by atoms with E-state index in [-0.39, 0.29) is 17.7 Å². The van der Waals surface area contributed by atoms with Gasteiger partial charge in [-0.1, -0.05) is 0 Å². The molecule has 1 aliphatic heterocycles. The molecule has 0 aliphatic carbocycles. The Morgan fingerprint density at radius 1 is 1.15 bits per heavy atom. The van der Waals surface area contributed by atoms with Gasteiger partial charge in [0, 0.05) is 30.0 Å². The van der Waals surface area contributed by atoms with Crippen LogP contribution in [0.3, 0.4) is 0 Å². The number of piperidine rings is 1. The third-order valence-electron chi connectivity index (χ3n) is 4.56. The van der Waals surface area contributed by atoms with Gasteiger partial charge >= 0.3 is 5.97 Å². The summed E-state index contributed by atoms with van der Waals surface area (Å²) in [5.41, 5.74) is 1.81. The summed E-state index contributed by atoms with van der Waals surface area (Å²) in [5.74, 6) is -0.698. The van der Waals surface area contributed by atoms with Gasteiger partial charge in [-0.25, -0.2) is 9.78 Å². The fourth-order valence-corrected chi connectivity index (χ4v) is 3.70. The number of anilines is 1. The van der Waals surface area contributed by atoms with E-state index < -0.39 is 5.97 Å². The summed E-state index contributed by atoms with van der Waals surface area (Å²) in [4.78, 5) is 42.4. The molecular weight excluding hydrogens is 366 g/mol. The molecule has 2 amide bonds. The van der Waals surface area contributed by atoms with Gasteiger partial charge in [-0.05, 0) is 44.0 Å². The highest BCUT2D eigenvalue weighted by atomic mass is 32.1. The van der Waals surface area contributed by atoms with Gasteiger partial charge in [0.05, 0.1) is 18.4 Å². The van der Waals surface area contributed by atoms with Crippen LogP contribution in [0, 0.1) is 12.8 Å². The van der Waals surface area contributed by atoms with Crippen molar-refractivity contribution in [3.05, 3.63) is 46.5 Å². The lowest BCUT2D eigenvalue weighted by molar-refractivity contribution is -0.121. The fraction of sp³-hybridized carbons (Fsp3) is 0.368. The predicted octanol–water partition coefficient (Wildman–Crippen LogP) is 2.73. The Balaban J connectivity index is 1.54. The van der Waals surface area contributed by atoms with Crippen LogP contribution in [-0.2, 0) is 9.53 Å². The molecule has 1 saturated heterocycles. The number of carbonyl (C=O) groups excluding carboxylic acids is 3. The molecule has 0 radical (unpaired) electrons. The highest BCUT2D eigenvalue weighted by Gasteiger charge is 2.28. The third-order valence-corrected chi connectivity index (χ3v) is 5.43. The number of nitrogens with one attached hydrogen (secondary N) is 1. The number of aryl methyl sites for hydroxylation is 1. The first-order chi connectivity index (χ1) is 13.0. The van der Waals surface area contributed by atoms with Gasteiger partial charge in [0.25, 0.3) is 5.91 Å². The average Bonchev–Trinajstić information content (AvgIpc) is 3.11. The number of carbonyl (C=O) groups is 3. The van der Waals surface area contributed by atoms with Crippen LogP contribution in [0.1, 0.15) is 39.3 Å². The van der Waals surface area contributed by atoms with Gasteiger partial charge in [0.1, 0.15) is 0 Å². The molecule has 7 nitrogen and oxygen atoms in total. The number of methoxy groups -OCH3 is 1. The number of esters is 1. The quantitative estimate of drug-likeness (QED) is 0.815. The first-order valence-electron chi connectivity index (χ1n) is 8.68. The molecular formula is C19H21N3O4S. The minimum absolute atomic E-state index is 0.0427. The van der Waals surface area contributed by atoms with Gasteiger partial charge in [-0.15, -0.1) is 11.3 Å². The van der Waals surface area contributed by atoms with Crippen molar-refractivity contribution in [2.24, 2.45) is 5.92 Å². The Labute approximate surface area is 161 Å². The van der Waals surface area contributed by atoms with E-state index in [1.807, 2.05) is 12.3 Å². The molecule has 0 spiro atoms. The summed E-state index contributed by atoms with van der Waals surface area (Å²) in [6, 6.07) is 6.40. The van der Waals surface area contributed by atoms with Crippen LogP contribution in [0.4, 0.5) is 5.13 Å². The fourth-order valence-electron chi connectivity index (χ4n) is 3.01. The van der Waals surface area contributed by atoms with Crippen LogP contribution in [-0.4, -0.2) is 47.9 Å². The number of aromatic nitrogens is 1. The second kappa shape index (κ2) is 8.30. The van der Waals surface area contributed by atoms with Gasteiger partial charge in [-0.3, -0.25) is 9.59 Å². The van der Waals surface area contributed by atoms with Crippen molar-refractivity contribution in [2.75, 3.05) is 25.5 Å². The van der Waals surface area contributed by atoms with E-state index in [1.54, 1.807) is 29.2 Å². The lowest BCUT2D eigenvalue weighted by atomic mass is 9.95. The minimum Gasteiger partial charge on any atom is -0.465 e. The maximum Gasteiger partial charge on any atom is 0.337 e. The van der Waals surface area contributed by atoms with Crippen LogP contribution < -0.4 is 5.32 Å². The summed E-state index contributed by atoms with van der Waals surface area (Å²) in [7, 11) is 1.32. The summed E-state index contributed by atoms with van der Waals surface area (Å²) in [6.07, 6.45) is 1.23. The van der Waals surface area contributed by atoms with E-state index in [0.717, 1.165) is 5.69 Å². The molecule has 2 heterocycles. The van der Waals surface area contributed by atoms with E-state index in [0.29, 0.717) is 42.2 Å². The van der Waals surface area contributed by atoms with Crippen LogP contribution in [0.2, 0.25) is 0 Å². The second-order valence-corrected chi connectivity index (χ2v) is 7.28. The molecule has 142 valence electrons. The van der Waals surface area contributed by atoms with Gasteiger partial charge in [-0.2, -0.15) is 0 Å². The average molecular weight is 387 g/mol. The minimum atomic E-state index is -0.434. The zero-order chi connectivity index (χ0) is 19.4. The number of rotatable bonds is 4. The van der Waals surface area contributed by atoms with Crippen molar-refractivity contribution in [3.8, 4) is 0 Å². The molecule has 8 heteroatoms. The second-order valence-electron chi connectivity index (χ2n) is 6.42. The summed E-state index contributed by atoms with van der Waals surface area (Å²) in [6.45, 7) is 2.92. The smallest absolute Gasteiger partial charge is 0.337 e. The zero-order valence-electron chi connectivity index (χ0n) is 15.2. The standard InChI is InChI=1S/C19H21N3O4S/c1-12-11-27-19(20-12)21-16(23)13-7-9-22(10-8-13)17(24)14-3-5-15(6-4-14)18(25)26-2/h3-6,11,13H,7-10H2,1-2H3,(H,20,21,23). The van der Waals surface area contributed by atoms with E-state index >= 15 is 0 Å². The predicted molar refractivity (Wildman–Crippen MR) is 102 cm³/mol. The van der Waals surface area contributed by atoms with Gasteiger partial charge in [0.2, 0.25) is 5.91 Å². The normalized spacial score (nSPS) is 14.7. The Kier molecular flexibility index (Phi) is 5.85. The largest absolute Gasteiger partial charge is 0.465 e. The van der Waals surface area contributed by atoms with Crippen molar-refractivity contribution >= 4 is 34.3 Å². The number of hydrogen-bond acceptors (Lipinski definition) is 6. The third kappa shape index (κ3) is 4.51. The van der Waals surface area contributed by atoms with Crippen molar-refractivity contribution in [2.45, 2.75) is 19.8 Å². The molecule has 2 aromatic rings. The maximum absolute atomic E-state index is 12.6. The Morgan fingerprint density at radius 3 is 2.33 bits per heavy atom. The highest BCUT2D eigenvalue weighted by molar-refractivity contribution is 7.13. The molecule has 1 aliphatic rings. The molecule has 1 fully saturated rings. The number of nitrogens with zero attached hydrogens (tertiary/aromatic N) is 2. The molecule has 0 saturated carbocycles. The molecule has 0 unspecified atom stereocenters. The first kappa shape index (κ1) is 19.0. The summed E-state index contributed by atoms with van der Waals surface area (Å²) in [5, 5.41) is 5.36. The summed E-state index contributed by atoms with van der Waals surface area (Å²) >= 11 is 1.41. The number of thiazole rings is 1. The van der Waals surface area contributed by atoms with Crippen LogP contribution in [0.5, 0.6) is 0 Å². The van der Waals surface area contributed by atoms with Crippen LogP contribution >= 0.6 is 11.3 Å².